The van der Waals surface area contributed by atoms with Gasteiger partial charge in [-0.15, -0.1) is 0 Å². The van der Waals surface area contributed by atoms with Crippen LogP contribution in [0.2, 0.25) is 0 Å². The highest BCUT2D eigenvalue weighted by molar-refractivity contribution is 5.78. The van der Waals surface area contributed by atoms with Crippen LogP contribution in [0.3, 0.4) is 0 Å². The summed E-state index contributed by atoms with van der Waals surface area (Å²) < 4.78 is 16.6. The molecule has 2 aromatic carbocycles. The van der Waals surface area contributed by atoms with Gasteiger partial charge in [-0.05, 0) is 56.5 Å². The molecule has 1 fully saturated rings. The number of hydrogen-bond acceptors (Lipinski definition) is 7. The SMILES string of the molecule is CCOc1cc(Nc2cc([C@@H](COC)CC(=O)O)ccc2N(CC)C2CCOCC2)ccc1C#N. The first kappa shape index (κ1) is 26.3. The first-order valence-electron chi connectivity index (χ1n) is 12.1. The van der Waals surface area contributed by atoms with Crippen LogP contribution in [0.15, 0.2) is 36.4 Å². The minimum atomic E-state index is -0.864. The van der Waals surface area contributed by atoms with E-state index >= 15 is 0 Å². The lowest BCUT2D eigenvalue weighted by molar-refractivity contribution is -0.137. The fourth-order valence-corrected chi connectivity index (χ4v) is 4.59. The molecular formula is C27H35N3O5. The average molecular weight is 482 g/mol. The fraction of sp³-hybridized carbons (Fsp3) is 0.481. The number of anilines is 3. The van der Waals surface area contributed by atoms with Crippen LogP contribution in [0.4, 0.5) is 17.1 Å². The van der Waals surface area contributed by atoms with E-state index in [1.54, 1.807) is 13.2 Å². The summed E-state index contributed by atoms with van der Waals surface area (Å²) in [5.74, 6) is -0.612. The zero-order valence-electron chi connectivity index (χ0n) is 20.8. The highest BCUT2D eigenvalue weighted by Crippen LogP contribution is 2.36. The van der Waals surface area contributed by atoms with Crippen molar-refractivity contribution in [2.24, 2.45) is 0 Å². The summed E-state index contributed by atoms with van der Waals surface area (Å²) in [6.07, 6.45) is 1.88. The maximum Gasteiger partial charge on any atom is 0.304 e. The van der Waals surface area contributed by atoms with Crippen molar-refractivity contribution in [3.8, 4) is 11.8 Å². The summed E-state index contributed by atoms with van der Waals surface area (Å²) in [4.78, 5) is 13.9. The van der Waals surface area contributed by atoms with Gasteiger partial charge in [0.25, 0.3) is 0 Å². The molecule has 0 aromatic heterocycles. The quantitative estimate of drug-likeness (QED) is 0.441. The number of nitrogens with one attached hydrogen (secondary N) is 1. The zero-order valence-corrected chi connectivity index (χ0v) is 20.8. The molecule has 2 N–H and O–H groups in total. The molecule has 1 heterocycles. The van der Waals surface area contributed by atoms with E-state index in [-0.39, 0.29) is 12.3 Å². The van der Waals surface area contributed by atoms with Gasteiger partial charge in [-0.1, -0.05) is 6.07 Å². The molecule has 0 saturated carbocycles. The van der Waals surface area contributed by atoms with E-state index in [1.807, 2.05) is 31.2 Å². The largest absolute Gasteiger partial charge is 0.492 e. The van der Waals surface area contributed by atoms with E-state index in [1.165, 1.54) is 0 Å². The van der Waals surface area contributed by atoms with Gasteiger partial charge in [0.05, 0.1) is 36.6 Å². The standard InChI is InChI=1S/C27H35N3O5/c1-4-30(23-10-12-34-13-11-23)25-9-7-19(21(18-33-3)15-27(31)32)14-24(25)29-22-8-6-20(17-28)26(16-22)35-5-2/h6-9,14,16,21,23,29H,4-5,10-13,15,18H2,1-3H3,(H,31,32)/t21-/m1/s1. The molecule has 8 nitrogen and oxygen atoms in total. The third-order valence-electron chi connectivity index (χ3n) is 6.24. The zero-order chi connectivity index (χ0) is 25.2. The molecule has 0 amide bonds. The number of carbonyl (C=O) groups is 1. The smallest absolute Gasteiger partial charge is 0.304 e. The summed E-state index contributed by atoms with van der Waals surface area (Å²) >= 11 is 0. The second-order valence-corrected chi connectivity index (χ2v) is 8.54. The summed E-state index contributed by atoms with van der Waals surface area (Å²) in [5.41, 5.74) is 4.06. The minimum absolute atomic E-state index is 0.0184. The van der Waals surface area contributed by atoms with Crippen LogP contribution in [-0.2, 0) is 14.3 Å². The Bertz CT molecular complexity index is 1030. The first-order chi connectivity index (χ1) is 17.0. The summed E-state index contributed by atoms with van der Waals surface area (Å²) in [6, 6.07) is 14.0. The van der Waals surface area contributed by atoms with E-state index in [2.05, 4.69) is 29.3 Å². The van der Waals surface area contributed by atoms with Gasteiger partial charge in [-0.2, -0.15) is 5.26 Å². The molecule has 0 spiro atoms. The van der Waals surface area contributed by atoms with E-state index in [0.717, 1.165) is 55.2 Å². The molecule has 8 heteroatoms. The van der Waals surface area contributed by atoms with Crippen LogP contribution in [0.1, 0.15) is 50.2 Å². The Morgan fingerprint density at radius 3 is 2.66 bits per heavy atom. The second kappa shape index (κ2) is 13.0. The highest BCUT2D eigenvalue weighted by atomic mass is 16.5. The number of rotatable bonds is 12. The molecular weight excluding hydrogens is 446 g/mol. The molecule has 2 aromatic rings. The van der Waals surface area contributed by atoms with Crippen molar-refractivity contribution in [1.29, 1.82) is 5.26 Å². The van der Waals surface area contributed by atoms with Gasteiger partial charge in [0.15, 0.2) is 0 Å². The van der Waals surface area contributed by atoms with E-state index < -0.39 is 5.97 Å². The van der Waals surface area contributed by atoms with Gasteiger partial charge in [0.2, 0.25) is 0 Å². The van der Waals surface area contributed by atoms with E-state index in [4.69, 9.17) is 14.2 Å². The second-order valence-electron chi connectivity index (χ2n) is 8.54. The molecule has 1 aliphatic heterocycles. The average Bonchev–Trinajstić information content (AvgIpc) is 2.86. The molecule has 188 valence electrons. The number of carboxylic acids is 1. The Morgan fingerprint density at radius 1 is 1.26 bits per heavy atom. The van der Waals surface area contributed by atoms with Crippen LogP contribution in [0, 0.1) is 11.3 Å². The predicted molar refractivity (Wildman–Crippen MR) is 136 cm³/mol. The van der Waals surface area contributed by atoms with Gasteiger partial charge < -0.3 is 29.5 Å². The Balaban J connectivity index is 2.04. The number of nitriles is 1. The van der Waals surface area contributed by atoms with Gasteiger partial charge in [0, 0.05) is 50.6 Å². The van der Waals surface area contributed by atoms with Crippen molar-refractivity contribution in [1.82, 2.24) is 0 Å². The summed E-state index contributed by atoms with van der Waals surface area (Å²) in [6.45, 7) is 7.10. The Hall–Kier alpha value is -3.28. The molecule has 1 atom stereocenters. The van der Waals surface area contributed by atoms with Crippen molar-refractivity contribution in [3.05, 3.63) is 47.5 Å². The number of nitrogens with zero attached hydrogens (tertiary/aromatic N) is 2. The van der Waals surface area contributed by atoms with Crippen molar-refractivity contribution in [3.63, 3.8) is 0 Å². The van der Waals surface area contributed by atoms with Crippen LogP contribution in [-0.4, -0.2) is 57.2 Å². The van der Waals surface area contributed by atoms with Crippen molar-refractivity contribution < 1.29 is 24.1 Å². The highest BCUT2D eigenvalue weighted by Gasteiger charge is 2.24. The third kappa shape index (κ3) is 6.87. The molecule has 0 radical (unpaired) electrons. The minimum Gasteiger partial charge on any atom is -0.492 e. The lowest BCUT2D eigenvalue weighted by Gasteiger charge is -2.37. The first-order valence-corrected chi connectivity index (χ1v) is 12.1. The van der Waals surface area contributed by atoms with Crippen LogP contribution < -0.4 is 15.0 Å². The molecule has 0 unspecified atom stereocenters. The van der Waals surface area contributed by atoms with Gasteiger partial charge in [0.1, 0.15) is 11.8 Å². The third-order valence-corrected chi connectivity index (χ3v) is 6.24. The van der Waals surface area contributed by atoms with Crippen molar-refractivity contribution >= 4 is 23.0 Å². The van der Waals surface area contributed by atoms with Crippen LogP contribution in [0.25, 0.3) is 0 Å². The van der Waals surface area contributed by atoms with Gasteiger partial charge in [-0.3, -0.25) is 4.79 Å². The summed E-state index contributed by atoms with van der Waals surface area (Å²) in [7, 11) is 1.58. The monoisotopic (exact) mass is 481 g/mol. The fourth-order valence-electron chi connectivity index (χ4n) is 4.59. The number of methoxy groups -OCH3 is 1. The van der Waals surface area contributed by atoms with Crippen LogP contribution in [0.5, 0.6) is 5.75 Å². The molecule has 1 aliphatic rings. The Labute approximate surface area is 207 Å². The topological polar surface area (TPSA) is 104 Å². The molecule has 1 saturated heterocycles. The van der Waals surface area contributed by atoms with Gasteiger partial charge >= 0.3 is 5.97 Å². The molecule has 35 heavy (non-hydrogen) atoms. The number of benzene rings is 2. The Morgan fingerprint density at radius 2 is 2.03 bits per heavy atom. The van der Waals surface area contributed by atoms with Crippen LogP contribution >= 0.6 is 0 Å². The molecule has 3 rings (SSSR count). The number of ether oxygens (including phenoxy) is 3. The number of aliphatic carboxylic acids is 1. The maximum atomic E-state index is 11.5. The number of hydrogen-bond donors (Lipinski definition) is 2. The summed E-state index contributed by atoms with van der Waals surface area (Å²) in [5, 5.41) is 22.4. The molecule has 0 bridgehead atoms. The lowest BCUT2D eigenvalue weighted by atomic mass is 9.94. The molecule has 0 aliphatic carbocycles. The van der Waals surface area contributed by atoms with E-state index in [9.17, 15) is 15.2 Å². The number of carboxylic acid groups (broad SMARTS) is 1. The maximum absolute atomic E-state index is 11.5. The normalized spacial score (nSPS) is 14.7. The van der Waals surface area contributed by atoms with E-state index in [0.29, 0.717) is 30.6 Å². The van der Waals surface area contributed by atoms with Gasteiger partial charge in [-0.25, -0.2) is 0 Å². The Kier molecular flexibility index (Phi) is 9.76. The van der Waals surface area contributed by atoms with Crippen molar-refractivity contribution in [2.75, 3.05) is 50.3 Å². The van der Waals surface area contributed by atoms with Crippen molar-refractivity contribution in [2.45, 2.75) is 45.1 Å². The predicted octanol–water partition coefficient (Wildman–Crippen LogP) is 4.91. The lowest BCUT2D eigenvalue weighted by Crippen LogP contribution is -2.39.